The molecule has 2 heterocycles. The fraction of sp³-hybridized carbons (Fsp3) is 0.643. The molecule has 0 amide bonds. The zero-order valence-corrected chi connectivity index (χ0v) is 11.3. The van der Waals surface area contributed by atoms with Crippen molar-refractivity contribution in [1.82, 2.24) is 4.98 Å². The van der Waals surface area contributed by atoms with Crippen molar-refractivity contribution in [2.75, 3.05) is 29.9 Å². The number of hydrogen-bond acceptors (Lipinski definition) is 4. The average molecular weight is 249 g/mol. The molecule has 18 heavy (non-hydrogen) atoms. The van der Waals surface area contributed by atoms with E-state index < -0.39 is 5.60 Å². The first-order valence-electron chi connectivity index (χ1n) is 6.79. The maximum atomic E-state index is 10.1. The lowest BCUT2D eigenvalue weighted by Crippen LogP contribution is -2.28. The predicted octanol–water partition coefficient (Wildman–Crippen LogP) is 2.25. The Kier molecular flexibility index (Phi) is 4.07. The summed E-state index contributed by atoms with van der Waals surface area (Å²) in [5.74, 6) is 1.93. The van der Waals surface area contributed by atoms with Gasteiger partial charge in [-0.1, -0.05) is 6.07 Å². The Morgan fingerprint density at radius 3 is 3.00 bits per heavy atom. The second-order valence-electron chi connectivity index (χ2n) is 5.25. The van der Waals surface area contributed by atoms with Gasteiger partial charge in [0.05, 0.1) is 5.60 Å². The summed E-state index contributed by atoms with van der Waals surface area (Å²) in [4.78, 5) is 6.87. The first-order valence-corrected chi connectivity index (χ1v) is 6.79. The van der Waals surface area contributed by atoms with Gasteiger partial charge in [-0.05, 0) is 45.2 Å². The molecule has 1 unspecified atom stereocenters. The molecule has 2 rings (SSSR count). The van der Waals surface area contributed by atoms with E-state index in [9.17, 15) is 5.11 Å². The topological polar surface area (TPSA) is 48.4 Å². The summed E-state index contributed by atoms with van der Waals surface area (Å²) in [5.41, 5.74) is -0.520. The number of pyridine rings is 1. The Morgan fingerprint density at radius 1 is 1.39 bits per heavy atom. The lowest BCUT2D eigenvalue weighted by atomic mass is 9.98. The molecule has 1 aromatic rings. The number of nitrogens with one attached hydrogen (secondary N) is 1. The van der Waals surface area contributed by atoms with E-state index in [0.29, 0.717) is 0 Å². The molecule has 1 atom stereocenters. The van der Waals surface area contributed by atoms with Gasteiger partial charge in [-0.25, -0.2) is 4.98 Å². The quantitative estimate of drug-likeness (QED) is 0.862. The van der Waals surface area contributed by atoms with E-state index in [1.54, 1.807) is 0 Å². The number of anilines is 2. The van der Waals surface area contributed by atoms with Gasteiger partial charge in [0.1, 0.15) is 11.6 Å². The Balaban J connectivity index is 2.08. The molecular formula is C14H23N3O. The van der Waals surface area contributed by atoms with E-state index in [1.165, 1.54) is 0 Å². The number of aliphatic hydroxyl groups is 1. The largest absolute Gasteiger partial charge is 0.390 e. The van der Waals surface area contributed by atoms with Crippen LogP contribution in [-0.4, -0.2) is 35.3 Å². The maximum Gasteiger partial charge on any atom is 0.130 e. The van der Waals surface area contributed by atoms with Gasteiger partial charge in [-0.15, -0.1) is 0 Å². The van der Waals surface area contributed by atoms with Crippen LogP contribution in [0.3, 0.4) is 0 Å². The summed E-state index contributed by atoms with van der Waals surface area (Å²) in [6.07, 6.45) is 2.69. The van der Waals surface area contributed by atoms with Gasteiger partial charge < -0.3 is 15.3 Å². The Bertz CT molecular complexity index is 392. The van der Waals surface area contributed by atoms with Crippen molar-refractivity contribution in [3.05, 3.63) is 18.2 Å². The minimum Gasteiger partial charge on any atom is -0.390 e. The fourth-order valence-electron chi connectivity index (χ4n) is 2.37. The van der Waals surface area contributed by atoms with Crippen LogP contribution in [-0.2, 0) is 0 Å². The molecule has 1 aliphatic rings. The summed E-state index contributed by atoms with van der Waals surface area (Å²) >= 11 is 0. The molecule has 4 heteroatoms. The molecule has 100 valence electrons. The van der Waals surface area contributed by atoms with Gasteiger partial charge in [-0.3, -0.25) is 0 Å². The van der Waals surface area contributed by atoms with E-state index in [1.807, 2.05) is 25.1 Å². The lowest BCUT2D eigenvalue weighted by molar-refractivity contribution is 0.0481. The zero-order chi connectivity index (χ0) is 13.0. The van der Waals surface area contributed by atoms with Gasteiger partial charge in [0.15, 0.2) is 0 Å². The monoisotopic (exact) mass is 249 g/mol. The van der Waals surface area contributed by atoms with Gasteiger partial charge in [0.2, 0.25) is 0 Å². The van der Waals surface area contributed by atoms with Crippen LogP contribution in [0.2, 0.25) is 0 Å². The van der Waals surface area contributed by atoms with Crippen LogP contribution in [0.1, 0.15) is 33.1 Å². The second-order valence-corrected chi connectivity index (χ2v) is 5.25. The third-order valence-electron chi connectivity index (χ3n) is 3.48. The summed E-state index contributed by atoms with van der Waals surface area (Å²) in [6, 6.07) is 6.06. The normalized spacial score (nSPS) is 24.7. The summed E-state index contributed by atoms with van der Waals surface area (Å²) < 4.78 is 0. The van der Waals surface area contributed by atoms with Crippen molar-refractivity contribution in [2.45, 2.75) is 38.7 Å². The summed E-state index contributed by atoms with van der Waals surface area (Å²) in [6.45, 7) is 6.72. The van der Waals surface area contributed by atoms with Crippen LogP contribution in [0, 0.1) is 0 Å². The molecule has 0 aliphatic carbocycles. The Morgan fingerprint density at radius 2 is 2.22 bits per heavy atom. The first kappa shape index (κ1) is 13.1. The van der Waals surface area contributed by atoms with Gasteiger partial charge in [0, 0.05) is 19.6 Å². The fourth-order valence-corrected chi connectivity index (χ4v) is 2.37. The predicted molar refractivity (Wildman–Crippen MR) is 75.1 cm³/mol. The molecule has 0 radical (unpaired) electrons. The van der Waals surface area contributed by atoms with Gasteiger partial charge in [0.25, 0.3) is 0 Å². The van der Waals surface area contributed by atoms with E-state index in [2.05, 4.69) is 22.1 Å². The van der Waals surface area contributed by atoms with E-state index in [-0.39, 0.29) is 0 Å². The number of aromatic nitrogens is 1. The number of nitrogens with zero attached hydrogens (tertiary/aromatic N) is 2. The van der Waals surface area contributed by atoms with Crippen molar-refractivity contribution in [3.63, 3.8) is 0 Å². The molecule has 1 aliphatic heterocycles. The van der Waals surface area contributed by atoms with Gasteiger partial charge in [-0.2, -0.15) is 0 Å². The van der Waals surface area contributed by atoms with E-state index >= 15 is 0 Å². The Labute approximate surface area is 109 Å². The van der Waals surface area contributed by atoms with Crippen molar-refractivity contribution in [3.8, 4) is 0 Å². The second kappa shape index (κ2) is 5.57. The van der Waals surface area contributed by atoms with Crippen molar-refractivity contribution >= 4 is 11.6 Å². The average Bonchev–Trinajstić information content (AvgIpc) is 2.51. The molecule has 4 nitrogen and oxygen atoms in total. The highest BCUT2D eigenvalue weighted by molar-refractivity contribution is 5.47. The minimum absolute atomic E-state index is 0.520. The first-order chi connectivity index (χ1) is 8.61. The molecule has 2 N–H and O–H groups in total. The van der Waals surface area contributed by atoms with Crippen molar-refractivity contribution in [2.24, 2.45) is 0 Å². The van der Waals surface area contributed by atoms with Crippen LogP contribution >= 0.6 is 0 Å². The number of rotatable bonds is 3. The zero-order valence-electron chi connectivity index (χ0n) is 11.3. The molecule has 0 spiro atoms. The third kappa shape index (κ3) is 3.35. The summed E-state index contributed by atoms with van der Waals surface area (Å²) in [7, 11) is 0. The van der Waals surface area contributed by atoms with Crippen LogP contribution in [0.5, 0.6) is 0 Å². The molecule has 1 saturated heterocycles. The molecule has 1 fully saturated rings. The highest BCUT2D eigenvalue weighted by atomic mass is 16.3. The highest BCUT2D eigenvalue weighted by Gasteiger charge is 2.25. The van der Waals surface area contributed by atoms with Gasteiger partial charge >= 0.3 is 0 Å². The molecule has 0 aromatic carbocycles. The van der Waals surface area contributed by atoms with Crippen LogP contribution in [0.15, 0.2) is 18.2 Å². The molecular weight excluding hydrogens is 226 g/mol. The van der Waals surface area contributed by atoms with Crippen LogP contribution in [0.4, 0.5) is 11.6 Å². The van der Waals surface area contributed by atoms with Crippen LogP contribution < -0.4 is 10.2 Å². The van der Waals surface area contributed by atoms with Crippen molar-refractivity contribution < 1.29 is 5.11 Å². The van der Waals surface area contributed by atoms with E-state index in [4.69, 9.17) is 0 Å². The van der Waals surface area contributed by atoms with Crippen molar-refractivity contribution in [1.29, 1.82) is 0 Å². The SMILES string of the molecule is CCNc1cccc(N2CCCC(C)(O)CC2)n1. The van der Waals surface area contributed by atoms with E-state index in [0.717, 1.165) is 50.5 Å². The Hall–Kier alpha value is -1.29. The number of hydrogen-bond donors (Lipinski definition) is 2. The smallest absolute Gasteiger partial charge is 0.130 e. The molecule has 0 saturated carbocycles. The highest BCUT2D eigenvalue weighted by Crippen LogP contribution is 2.24. The molecule has 0 bridgehead atoms. The summed E-state index contributed by atoms with van der Waals surface area (Å²) in [5, 5.41) is 13.3. The lowest BCUT2D eigenvalue weighted by Gasteiger charge is -2.23. The molecule has 1 aromatic heterocycles. The maximum absolute atomic E-state index is 10.1. The van der Waals surface area contributed by atoms with Crippen LogP contribution in [0.25, 0.3) is 0 Å². The minimum atomic E-state index is -0.520. The third-order valence-corrected chi connectivity index (χ3v) is 3.48. The standard InChI is InChI=1S/C14H23N3O/c1-3-15-12-6-4-7-13(16-12)17-10-5-8-14(2,18)9-11-17/h4,6-7,18H,3,5,8-11H2,1-2H3,(H,15,16).